The molecule has 0 unspecified atom stereocenters. The zero-order valence-electron chi connectivity index (χ0n) is 19.3. The Morgan fingerprint density at radius 3 is 2.51 bits per heavy atom. The number of ether oxygens (including phenoxy) is 3. The maximum Gasteiger partial charge on any atom is 0.329 e. The fourth-order valence-corrected chi connectivity index (χ4v) is 3.40. The molecule has 184 valence electrons. The molecule has 1 aliphatic rings. The number of carbonyl (C=O) groups excluding carboxylic acids is 4. The average molecular weight is 502 g/mol. The summed E-state index contributed by atoms with van der Waals surface area (Å²) in [4.78, 5) is 49.1. The number of hydrogen-bond acceptors (Lipinski definition) is 7. The van der Waals surface area contributed by atoms with Gasteiger partial charge in [0.25, 0.3) is 11.8 Å². The van der Waals surface area contributed by atoms with Crippen LogP contribution in [-0.4, -0.2) is 55.6 Å². The second kappa shape index (κ2) is 11.4. The van der Waals surface area contributed by atoms with Crippen LogP contribution in [0.15, 0.2) is 42.1 Å². The van der Waals surface area contributed by atoms with Gasteiger partial charge in [-0.05, 0) is 49.8 Å². The molecule has 35 heavy (non-hydrogen) atoms. The largest absolute Gasteiger partial charge is 0.490 e. The standard InChI is InChI=1S/C24H24ClN3O7/c1-4-34-19-11-15(10-18-23(31)28(24(32)27-18)12-21(30)33-3)9-17(25)22(19)35-13-20(29)26-16-7-5-14(2)6-8-16/h5-11H,4,12-13H2,1-3H3,(H,26,29)(H,27,32)/b18-10+. The van der Waals surface area contributed by atoms with E-state index in [2.05, 4.69) is 15.4 Å². The molecule has 10 nitrogen and oxygen atoms in total. The number of halogens is 1. The van der Waals surface area contributed by atoms with Crippen molar-refractivity contribution in [1.29, 1.82) is 0 Å². The van der Waals surface area contributed by atoms with Gasteiger partial charge in [-0.2, -0.15) is 0 Å². The van der Waals surface area contributed by atoms with Gasteiger partial charge in [0.15, 0.2) is 18.1 Å². The van der Waals surface area contributed by atoms with Crippen molar-refractivity contribution in [3.8, 4) is 11.5 Å². The number of benzene rings is 2. The maximum absolute atomic E-state index is 12.5. The minimum absolute atomic E-state index is 0.0523. The number of nitrogens with zero attached hydrogens (tertiary/aromatic N) is 1. The summed E-state index contributed by atoms with van der Waals surface area (Å²) in [6.45, 7) is 3.16. The molecule has 1 fully saturated rings. The third-order valence-electron chi connectivity index (χ3n) is 4.80. The van der Waals surface area contributed by atoms with Gasteiger partial charge in [0.05, 0.1) is 18.7 Å². The quantitative estimate of drug-likeness (QED) is 0.307. The Bertz CT molecular complexity index is 1180. The van der Waals surface area contributed by atoms with Crippen molar-refractivity contribution < 1.29 is 33.4 Å². The minimum Gasteiger partial charge on any atom is -0.490 e. The highest BCUT2D eigenvalue weighted by atomic mass is 35.5. The normalized spacial score (nSPS) is 14.1. The lowest BCUT2D eigenvalue weighted by molar-refractivity contribution is -0.143. The number of esters is 1. The minimum atomic E-state index is -0.748. The Hall–Kier alpha value is -4.05. The van der Waals surface area contributed by atoms with Gasteiger partial charge in [0.2, 0.25) is 0 Å². The molecule has 2 N–H and O–H groups in total. The number of imide groups is 1. The van der Waals surface area contributed by atoms with Crippen LogP contribution in [0.1, 0.15) is 18.1 Å². The zero-order chi connectivity index (χ0) is 25.5. The van der Waals surface area contributed by atoms with Crippen LogP contribution in [0.25, 0.3) is 6.08 Å². The zero-order valence-corrected chi connectivity index (χ0v) is 20.1. The molecule has 2 aromatic carbocycles. The van der Waals surface area contributed by atoms with Crippen LogP contribution < -0.4 is 20.1 Å². The van der Waals surface area contributed by atoms with Gasteiger partial charge in [0, 0.05) is 5.69 Å². The van der Waals surface area contributed by atoms with E-state index in [-0.39, 0.29) is 41.3 Å². The number of amides is 4. The van der Waals surface area contributed by atoms with Crippen LogP contribution in [0, 0.1) is 6.92 Å². The topological polar surface area (TPSA) is 123 Å². The Morgan fingerprint density at radius 1 is 1.14 bits per heavy atom. The third-order valence-corrected chi connectivity index (χ3v) is 5.08. The molecular weight excluding hydrogens is 478 g/mol. The van der Waals surface area contributed by atoms with E-state index < -0.39 is 24.5 Å². The molecule has 0 radical (unpaired) electrons. The maximum atomic E-state index is 12.5. The molecule has 11 heteroatoms. The predicted octanol–water partition coefficient (Wildman–Crippen LogP) is 3.13. The van der Waals surface area contributed by atoms with E-state index in [1.165, 1.54) is 12.1 Å². The van der Waals surface area contributed by atoms with Crippen molar-refractivity contribution >= 4 is 47.2 Å². The Labute approximate surface area is 206 Å². The fourth-order valence-electron chi connectivity index (χ4n) is 3.12. The van der Waals surface area contributed by atoms with Crippen LogP contribution in [0.2, 0.25) is 5.02 Å². The molecule has 1 aliphatic heterocycles. The van der Waals surface area contributed by atoms with Gasteiger partial charge >= 0.3 is 12.0 Å². The van der Waals surface area contributed by atoms with E-state index in [4.69, 9.17) is 21.1 Å². The molecule has 3 rings (SSSR count). The van der Waals surface area contributed by atoms with Gasteiger partial charge in [-0.1, -0.05) is 29.3 Å². The lowest BCUT2D eigenvalue weighted by atomic mass is 10.1. The summed E-state index contributed by atoms with van der Waals surface area (Å²) in [7, 11) is 1.16. The average Bonchev–Trinajstić information content (AvgIpc) is 3.07. The number of aryl methyl sites for hydroxylation is 1. The van der Waals surface area contributed by atoms with Crippen molar-refractivity contribution in [3.05, 3.63) is 58.2 Å². The molecule has 1 saturated heterocycles. The number of methoxy groups -OCH3 is 1. The highest BCUT2D eigenvalue weighted by Crippen LogP contribution is 2.37. The van der Waals surface area contributed by atoms with Crippen molar-refractivity contribution in [3.63, 3.8) is 0 Å². The Balaban J connectivity index is 1.75. The summed E-state index contributed by atoms with van der Waals surface area (Å²) in [5, 5.41) is 5.27. The number of anilines is 1. The number of urea groups is 1. The molecule has 1 heterocycles. The molecule has 0 spiro atoms. The van der Waals surface area contributed by atoms with E-state index in [0.717, 1.165) is 17.6 Å². The molecule has 0 aromatic heterocycles. The first-order chi connectivity index (χ1) is 16.7. The van der Waals surface area contributed by atoms with Gasteiger partial charge in [-0.25, -0.2) is 9.69 Å². The predicted molar refractivity (Wildman–Crippen MR) is 128 cm³/mol. The molecule has 0 atom stereocenters. The third kappa shape index (κ3) is 6.51. The molecule has 2 aromatic rings. The van der Waals surface area contributed by atoms with Gasteiger partial charge < -0.3 is 24.8 Å². The van der Waals surface area contributed by atoms with Crippen LogP contribution >= 0.6 is 11.6 Å². The van der Waals surface area contributed by atoms with Crippen molar-refractivity contribution in [2.75, 3.05) is 32.2 Å². The first-order valence-electron chi connectivity index (χ1n) is 10.6. The van der Waals surface area contributed by atoms with Crippen molar-refractivity contribution in [2.45, 2.75) is 13.8 Å². The summed E-state index contributed by atoms with van der Waals surface area (Å²) >= 11 is 6.39. The fraction of sp³-hybridized carbons (Fsp3) is 0.250. The number of nitrogens with one attached hydrogen (secondary N) is 2. The van der Waals surface area contributed by atoms with E-state index in [1.807, 2.05) is 19.1 Å². The summed E-state index contributed by atoms with van der Waals surface area (Å²) in [6.07, 6.45) is 1.39. The lowest BCUT2D eigenvalue weighted by Gasteiger charge is -2.14. The Morgan fingerprint density at radius 2 is 1.86 bits per heavy atom. The highest BCUT2D eigenvalue weighted by molar-refractivity contribution is 6.32. The number of rotatable bonds is 9. The SMILES string of the molecule is CCOc1cc(/C=C2/NC(=O)N(CC(=O)OC)C2=O)cc(Cl)c1OCC(=O)Nc1ccc(C)cc1. The van der Waals surface area contributed by atoms with Crippen LogP contribution in [0.4, 0.5) is 10.5 Å². The second-order valence-electron chi connectivity index (χ2n) is 7.42. The summed E-state index contributed by atoms with van der Waals surface area (Å²) < 4.78 is 15.7. The highest BCUT2D eigenvalue weighted by Gasteiger charge is 2.35. The van der Waals surface area contributed by atoms with Crippen LogP contribution in [0.5, 0.6) is 11.5 Å². The lowest BCUT2D eigenvalue weighted by Crippen LogP contribution is -2.36. The molecular formula is C24H24ClN3O7. The first-order valence-corrected chi connectivity index (χ1v) is 11.0. The van der Waals surface area contributed by atoms with Crippen LogP contribution in [-0.2, 0) is 19.1 Å². The van der Waals surface area contributed by atoms with Crippen molar-refractivity contribution in [2.24, 2.45) is 0 Å². The smallest absolute Gasteiger partial charge is 0.329 e. The monoisotopic (exact) mass is 501 g/mol. The second-order valence-corrected chi connectivity index (χ2v) is 7.83. The van der Waals surface area contributed by atoms with E-state index in [0.29, 0.717) is 11.3 Å². The van der Waals surface area contributed by atoms with E-state index in [9.17, 15) is 19.2 Å². The number of carbonyl (C=O) groups is 4. The summed E-state index contributed by atoms with van der Waals surface area (Å²) in [6, 6.07) is 9.61. The first kappa shape index (κ1) is 25.6. The van der Waals surface area contributed by atoms with E-state index >= 15 is 0 Å². The molecule has 4 amide bonds. The Kier molecular flexibility index (Phi) is 8.32. The van der Waals surface area contributed by atoms with Crippen LogP contribution in [0.3, 0.4) is 0 Å². The molecule has 0 saturated carbocycles. The molecule has 0 aliphatic carbocycles. The van der Waals surface area contributed by atoms with Gasteiger partial charge in [0.1, 0.15) is 12.2 Å². The summed E-state index contributed by atoms with van der Waals surface area (Å²) in [5.41, 5.74) is 2.08. The van der Waals surface area contributed by atoms with Gasteiger partial charge in [-0.15, -0.1) is 0 Å². The summed E-state index contributed by atoms with van der Waals surface area (Å²) in [5.74, 6) is -1.41. The van der Waals surface area contributed by atoms with E-state index in [1.54, 1.807) is 25.1 Å². The van der Waals surface area contributed by atoms with Crippen molar-refractivity contribution in [1.82, 2.24) is 10.2 Å². The number of hydrogen-bond donors (Lipinski definition) is 2. The van der Waals surface area contributed by atoms with Gasteiger partial charge in [-0.3, -0.25) is 14.4 Å². The molecule has 0 bridgehead atoms.